The number of piperidine rings is 1. The first-order valence-electron chi connectivity index (χ1n) is 10.6. The van der Waals surface area contributed by atoms with Gasteiger partial charge in [0, 0.05) is 31.4 Å². The van der Waals surface area contributed by atoms with Gasteiger partial charge in [0.05, 0.1) is 12.2 Å². The van der Waals surface area contributed by atoms with Gasteiger partial charge in [0.25, 0.3) is 0 Å². The number of amides is 3. The zero-order valence-corrected chi connectivity index (χ0v) is 18.0. The summed E-state index contributed by atoms with van der Waals surface area (Å²) in [6.07, 6.45) is 2.82. The molecule has 1 aliphatic rings. The van der Waals surface area contributed by atoms with E-state index in [4.69, 9.17) is 4.74 Å². The molecule has 1 aliphatic heterocycles. The number of likely N-dealkylation sites (tertiary alicyclic amines) is 1. The maximum Gasteiger partial charge on any atom is 0.338 e. The zero-order valence-electron chi connectivity index (χ0n) is 18.0. The number of ether oxygens (including phenoxy) is 1. The van der Waals surface area contributed by atoms with E-state index >= 15 is 0 Å². The van der Waals surface area contributed by atoms with E-state index in [-0.39, 0.29) is 11.9 Å². The molecule has 2 aromatic rings. The Labute approximate surface area is 182 Å². The number of nitrogens with one attached hydrogen (secondary N) is 2. The maximum atomic E-state index is 12.6. The van der Waals surface area contributed by atoms with E-state index in [1.165, 1.54) is 12.5 Å². The van der Waals surface area contributed by atoms with Crippen LogP contribution < -0.4 is 10.6 Å². The van der Waals surface area contributed by atoms with E-state index < -0.39 is 5.97 Å². The molecule has 0 bridgehead atoms. The average Bonchev–Trinajstić information content (AvgIpc) is 2.75. The molecule has 0 aromatic heterocycles. The minimum Gasteiger partial charge on any atom is -0.462 e. The highest BCUT2D eigenvalue weighted by Gasteiger charge is 2.23. The highest BCUT2D eigenvalue weighted by molar-refractivity contribution is 5.94. The number of esters is 1. The van der Waals surface area contributed by atoms with Gasteiger partial charge in [-0.2, -0.15) is 0 Å². The van der Waals surface area contributed by atoms with Crippen molar-refractivity contribution in [3.63, 3.8) is 0 Å². The Kier molecular flexibility index (Phi) is 7.65. The fourth-order valence-electron chi connectivity index (χ4n) is 3.74. The van der Waals surface area contributed by atoms with Crippen LogP contribution in [0.25, 0.3) is 0 Å². The third-order valence-corrected chi connectivity index (χ3v) is 5.33. The first-order valence-corrected chi connectivity index (χ1v) is 10.6. The van der Waals surface area contributed by atoms with Crippen LogP contribution in [0.3, 0.4) is 0 Å². The molecule has 0 atom stereocenters. The molecule has 1 heterocycles. The number of benzene rings is 2. The summed E-state index contributed by atoms with van der Waals surface area (Å²) in [7, 11) is 0. The van der Waals surface area contributed by atoms with Crippen LogP contribution in [0.2, 0.25) is 0 Å². The molecule has 2 aromatic carbocycles. The molecular weight excluding hydrogens is 394 g/mol. The second-order valence-corrected chi connectivity index (χ2v) is 7.74. The topological polar surface area (TPSA) is 87.7 Å². The van der Waals surface area contributed by atoms with Crippen LogP contribution in [0.5, 0.6) is 0 Å². The number of carbonyl (C=O) groups excluding carboxylic acids is 3. The van der Waals surface area contributed by atoms with E-state index in [2.05, 4.69) is 10.6 Å². The lowest BCUT2D eigenvalue weighted by Crippen LogP contribution is -2.41. The monoisotopic (exact) mass is 423 g/mol. The molecule has 0 saturated carbocycles. The van der Waals surface area contributed by atoms with Crippen LogP contribution in [0.4, 0.5) is 16.2 Å². The molecule has 0 aliphatic carbocycles. The van der Waals surface area contributed by atoms with Crippen LogP contribution >= 0.6 is 0 Å². The molecule has 31 heavy (non-hydrogen) atoms. The Morgan fingerprint density at radius 1 is 1.00 bits per heavy atom. The first kappa shape index (κ1) is 22.3. The third-order valence-electron chi connectivity index (χ3n) is 5.33. The zero-order chi connectivity index (χ0) is 22.2. The second kappa shape index (κ2) is 10.6. The Morgan fingerprint density at radius 2 is 1.71 bits per heavy atom. The molecule has 1 saturated heterocycles. The highest BCUT2D eigenvalue weighted by Crippen LogP contribution is 2.23. The van der Waals surface area contributed by atoms with Crippen LogP contribution in [-0.4, -0.2) is 42.5 Å². The molecule has 164 valence electrons. The minimum absolute atomic E-state index is 0.0778. The Morgan fingerprint density at radius 3 is 2.35 bits per heavy atom. The molecule has 2 N–H and O–H groups in total. The van der Waals surface area contributed by atoms with E-state index in [1.807, 2.05) is 29.2 Å². The first-order chi connectivity index (χ1) is 14.9. The molecule has 3 amide bonds. The summed E-state index contributed by atoms with van der Waals surface area (Å²) in [5.74, 6) is 0.0401. The summed E-state index contributed by atoms with van der Waals surface area (Å²) < 4.78 is 5.01. The summed E-state index contributed by atoms with van der Waals surface area (Å²) in [6, 6.07) is 14.6. The molecule has 7 nitrogen and oxygen atoms in total. The summed E-state index contributed by atoms with van der Waals surface area (Å²) >= 11 is 0. The number of nitrogens with zero attached hydrogens (tertiary/aromatic N) is 1. The van der Waals surface area contributed by atoms with E-state index in [9.17, 15) is 14.4 Å². The van der Waals surface area contributed by atoms with Gasteiger partial charge < -0.3 is 20.3 Å². The fourth-order valence-corrected chi connectivity index (χ4v) is 3.74. The van der Waals surface area contributed by atoms with Crippen LogP contribution in [0, 0.1) is 5.92 Å². The number of urea groups is 1. The third kappa shape index (κ3) is 6.57. The van der Waals surface area contributed by atoms with Gasteiger partial charge in [-0.15, -0.1) is 0 Å². The van der Waals surface area contributed by atoms with Crippen molar-refractivity contribution in [3.8, 4) is 0 Å². The Balaban J connectivity index is 1.48. The number of rotatable bonds is 6. The lowest BCUT2D eigenvalue weighted by Gasteiger charge is -2.32. The summed E-state index contributed by atoms with van der Waals surface area (Å²) in [6.45, 7) is 4.95. The smallest absolute Gasteiger partial charge is 0.338 e. The van der Waals surface area contributed by atoms with Gasteiger partial charge in [-0.05, 0) is 68.0 Å². The van der Waals surface area contributed by atoms with Gasteiger partial charge in [-0.25, -0.2) is 9.59 Å². The van der Waals surface area contributed by atoms with Crippen LogP contribution in [-0.2, 0) is 16.0 Å². The largest absolute Gasteiger partial charge is 0.462 e. The molecule has 0 unspecified atom stereocenters. The van der Waals surface area contributed by atoms with Crippen molar-refractivity contribution in [2.45, 2.75) is 33.1 Å². The van der Waals surface area contributed by atoms with Crippen LogP contribution in [0.15, 0.2) is 48.5 Å². The lowest BCUT2D eigenvalue weighted by molar-refractivity contribution is -0.114. The van der Waals surface area contributed by atoms with Crippen molar-refractivity contribution < 1.29 is 19.1 Å². The van der Waals surface area contributed by atoms with Crippen molar-refractivity contribution in [1.82, 2.24) is 4.90 Å². The van der Waals surface area contributed by atoms with Crippen molar-refractivity contribution >= 4 is 29.3 Å². The van der Waals surface area contributed by atoms with E-state index in [1.54, 1.807) is 31.2 Å². The van der Waals surface area contributed by atoms with Crippen molar-refractivity contribution in [2.24, 2.45) is 5.92 Å². The summed E-state index contributed by atoms with van der Waals surface area (Å²) in [5, 5.41) is 5.65. The van der Waals surface area contributed by atoms with Crippen molar-refractivity contribution in [3.05, 3.63) is 59.7 Å². The lowest BCUT2D eigenvalue weighted by atomic mass is 9.90. The second-order valence-electron chi connectivity index (χ2n) is 7.74. The van der Waals surface area contributed by atoms with Gasteiger partial charge in [0.2, 0.25) is 5.91 Å². The average molecular weight is 424 g/mol. The molecule has 3 rings (SSSR count). The number of hydrogen-bond acceptors (Lipinski definition) is 4. The molecule has 0 radical (unpaired) electrons. The maximum absolute atomic E-state index is 12.6. The van der Waals surface area contributed by atoms with Gasteiger partial charge in [-0.3, -0.25) is 4.79 Å². The van der Waals surface area contributed by atoms with Gasteiger partial charge in [0.1, 0.15) is 0 Å². The highest BCUT2D eigenvalue weighted by atomic mass is 16.5. The van der Waals surface area contributed by atoms with Crippen LogP contribution in [0.1, 0.15) is 42.6 Å². The summed E-state index contributed by atoms with van der Waals surface area (Å²) in [4.78, 5) is 37.4. The fraction of sp³-hybridized carbons (Fsp3) is 0.375. The molecule has 0 spiro atoms. The minimum atomic E-state index is -0.399. The van der Waals surface area contributed by atoms with Gasteiger partial charge >= 0.3 is 12.0 Å². The van der Waals surface area contributed by atoms with Crippen molar-refractivity contribution in [1.29, 1.82) is 0 Å². The van der Waals surface area contributed by atoms with E-state index in [0.29, 0.717) is 36.9 Å². The molecule has 7 heteroatoms. The van der Waals surface area contributed by atoms with Crippen molar-refractivity contribution in [2.75, 3.05) is 30.3 Å². The molecule has 1 fully saturated rings. The quantitative estimate of drug-likeness (QED) is 0.678. The molecular formula is C24H29N3O4. The normalized spacial score (nSPS) is 14.1. The van der Waals surface area contributed by atoms with Gasteiger partial charge in [0.15, 0.2) is 0 Å². The standard InChI is InChI=1S/C24H29N3O4/c1-3-31-23(29)20-5-4-6-22(16-20)26-24(30)27-13-11-19(12-14-27)15-18-7-9-21(10-8-18)25-17(2)28/h4-10,16,19H,3,11-15H2,1-2H3,(H,25,28)(H,26,30). The summed E-state index contributed by atoms with van der Waals surface area (Å²) in [5.41, 5.74) is 3.03. The van der Waals surface area contributed by atoms with Gasteiger partial charge in [-0.1, -0.05) is 18.2 Å². The SMILES string of the molecule is CCOC(=O)c1cccc(NC(=O)N2CCC(Cc3ccc(NC(C)=O)cc3)CC2)c1. The Bertz CT molecular complexity index is 919. The van der Waals surface area contributed by atoms with E-state index in [0.717, 1.165) is 24.9 Å². The predicted octanol–water partition coefficient (Wildman–Crippen LogP) is 4.31. The number of anilines is 2. The number of hydrogen-bond donors (Lipinski definition) is 2. The Hall–Kier alpha value is -3.35. The number of carbonyl (C=O) groups is 3. The predicted molar refractivity (Wildman–Crippen MR) is 120 cm³/mol.